The molecule has 3 rings (SSSR count). The summed E-state index contributed by atoms with van der Waals surface area (Å²) in [5, 5.41) is 0. The van der Waals surface area contributed by atoms with Gasteiger partial charge in [0.25, 0.3) is 5.91 Å². The van der Waals surface area contributed by atoms with Crippen molar-refractivity contribution in [2.24, 2.45) is 0 Å². The second-order valence-corrected chi connectivity index (χ2v) is 8.51. The number of piperazine rings is 1. The van der Waals surface area contributed by atoms with Gasteiger partial charge >= 0.3 is 5.97 Å². The minimum absolute atomic E-state index is 0.122. The van der Waals surface area contributed by atoms with Crippen molar-refractivity contribution in [2.75, 3.05) is 32.8 Å². The van der Waals surface area contributed by atoms with Gasteiger partial charge in [0.05, 0.1) is 5.56 Å². The van der Waals surface area contributed by atoms with Crippen molar-refractivity contribution in [3.8, 4) is 0 Å². The molecule has 1 saturated heterocycles. The minimum atomic E-state index is -0.414. The molecule has 2 heterocycles. The Morgan fingerprint density at radius 3 is 2.44 bits per heavy atom. The van der Waals surface area contributed by atoms with E-state index in [1.807, 2.05) is 19.9 Å². The van der Waals surface area contributed by atoms with Gasteiger partial charge < -0.3 is 9.64 Å². The van der Waals surface area contributed by atoms with Crippen LogP contribution in [-0.4, -0.2) is 54.5 Å². The fourth-order valence-electron chi connectivity index (χ4n) is 3.35. The number of nitrogens with zero attached hydrogens (tertiary/aromatic N) is 2. The molecule has 27 heavy (non-hydrogen) atoms. The highest BCUT2D eigenvalue weighted by atomic mass is 32.1. The molecule has 1 aromatic carbocycles. The quantitative estimate of drug-likeness (QED) is 0.741. The average Bonchev–Trinajstić information content (AvgIpc) is 2.98. The Morgan fingerprint density at radius 1 is 1.07 bits per heavy atom. The van der Waals surface area contributed by atoms with Gasteiger partial charge in [0.15, 0.2) is 6.61 Å². The molecule has 0 aliphatic carbocycles. The van der Waals surface area contributed by atoms with Crippen LogP contribution in [0.3, 0.4) is 0 Å². The number of esters is 1. The fraction of sp³-hybridized carbons (Fsp3) is 0.429. The highest BCUT2D eigenvalue weighted by Crippen LogP contribution is 2.21. The normalized spacial score (nSPS) is 15.0. The molecule has 1 aliphatic rings. The lowest BCUT2D eigenvalue weighted by Crippen LogP contribution is -2.49. The SMILES string of the molecule is Cc1cccc(CN2CCN(C(=O)COC(=O)c3cc(C)sc3C)CC2)c1. The van der Waals surface area contributed by atoms with Crippen LogP contribution >= 0.6 is 11.3 Å². The van der Waals surface area contributed by atoms with Crippen LogP contribution in [0.15, 0.2) is 30.3 Å². The van der Waals surface area contributed by atoms with Gasteiger partial charge in [-0.3, -0.25) is 9.69 Å². The summed E-state index contributed by atoms with van der Waals surface area (Å²) in [7, 11) is 0. The van der Waals surface area contributed by atoms with E-state index in [4.69, 9.17) is 4.74 Å². The standard InChI is InChI=1S/C21H26N2O3S/c1-15-5-4-6-18(11-15)13-22-7-9-23(10-8-22)20(24)14-26-21(25)19-12-16(2)27-17(19)3/h4-6,11-12H,7-10,13-14H2,1-3H3. The molecule has 0 radical (unpaired) electrons. The third-order valence-electron chi connectivity index (χ3n) is 4.80. The minimum Gasteiger partial charge on any atom is -0.452 e. The molecule has 2 aromatic rings. The number of ether oxygens (including phenoxy) is 1. The summed E-state index contributed by atoms with van der Waals surface area (Å²) in [6, 6.07) is 10.3. The first-order valence-corrected chi connectivity index (χ1v) is 10.0. The molecular weight excluding hydrogens is 360 g/mol. The summed E-state index contributed by atoms with van der Waals surface area (Å²) in [6.45, 7) is 9.64. The Labute approximate surface area is 164 Å². The average molecular weight is 387 g/mol. The molecule has 0 saturated carbocycles. The lowest BCUT2D eigenvalue weighted by atomic mass is 10.1. The van der Waals surface area contributed by atoms with Crippen LogP contribution in [0.25, 0.3) is 0 Å². The van der Waals surface area contributed by atoms with Gasteiger partial charge in [-0.25, -0.2) is 4.79 Å². The Balaban J connectivity index is 1.44. The van der Waals surface area contributed by atoms with E-state index in [0.29, 0.717) is 18.7 Å². The monoisotopic (exact) mass is 386 g/mol. The predicted octanol–water partition coefficient (Wildman–Crippen LogP) is 3.17. The number of aryl methyl sites for hydroxylation is 3. The Kier molecular flexibility index (Phi) is 6.29. The van der Waals surface area contributed by atoms with E-state index in [-0.39, 0.29) is 12.5 Å². The van der Waals surface area contributed by atoms with Gasteiger partial charge in [0.1, 0.15) is 0 Å². The summed E-state index contributed by atoms with van der Waals surface area (Å²) in [5.41, 5.74) is 3.12. The van der Waals surface area contributed by atoms with Gasteiger partial charge in [-0.15, -0.1) is 11.3 Å². The summed E-state index contributed by atoms with van der Waals surface area (Å²) in [5.74, 6) is -0.536. The Hall–Kier alpha value is -2.18. The first kappa shape index (κ1) is 19.6. The summed E-state index contributed by atoms with van der Waals surface area (Å²) in [6.07, 6.45) is 0. The molecule has 0 spiro atoms. The largest absolute Gasteiger partial charge is 0.452 e. The third kappa shape index (κ3) is 5.17. The molecule has 1 aromatic heterocycles. The Morgan fingerprint density at radius 2 is 1.81 bits per heavy atom. The van der Waals surface area contributed by atoms with Crippen LogP contribution < -0.4 is 0 Å². The smallest absolute Gasteiger partial charge is 0.339 e. The first-order chi connectivity index (χ1) is 12.9. The number of hydrogen-bond acceptors (Lipinski definition) is 5. The topological polar surface area (TPSA) is 49.9 Å². The molecule has 1 fully saturated rings. The zero-order valence-corrected chi connectivity index (χ0v) is 17.0. The number of amides is 1. The van der Waals surface area contributed by atoms with Gasteiger partial charge in [-0.2, -0.15) is 0 Å². The molecule has 6 heteroatoms. The highest BCUT2D eigenvalue weighted by Gasteiger charge is 2.23. The molecule has 5 nitrogen and oxygen atoms in total. The molecular formula is C21H26N2O3S. The van der Waals surface area contributed by atoms with Crippen LogP contribution in [0.2, 0.25) is 0 Å². The Bertz CT molecular complexity index is 823. The van der Waals surface area contributed by atoms with E-state index in [0.717, 1.165) is 29.4 Å². The molecule has 0 atom stereocenters. The maximum Gasteiger partial charge on any atom is 0.339 e. The zero-order valence-electron chi connectivity index (χ0n) is 16.2. The van der Waals surface area contributed by atoms with Crippen LogP contribution in [-0.2, 0) is 16.1 Å². The van der Waals surface area contributed by atoms with E-state index < -0.39 is 5.97 Å². The predicted molar refractivity (Wildman–Crippen MR) is 107 cm³/mol. The fourth-order valence-corrected chi connectivity index (χ4v) is 4.27. The van der Waals surface area contributed by atoms with E-state index in [9.17, 15) is 9.59 Å². The number of carbonyl (C=O) groups excluding carboxylic acids is 2. The number of carbonyl (C=O) groups is 2. The van der Waals surface area contributed by atoms with Gasteiger partial charge in [-0.1, -0.05) is 29.8 Å². The molecule has 0 bridgehead atoms. The first-order valence-electron chi connectivity index (χ1n) is 9.22. The van der Waals surface area contributed by atoms with E-state index in [2.05, 4.69) is 36.1 Å². The van der Waals surface area contributed by atoms with Crippen LogP contribution in [0, 0.1) is 20.8 Å². The van der Waals surface area contributed by atoms with Crippen molar-refractivity contribution in [1.82, 2.24) is 9.80 Å². The maximum absolute atomic E-state index is 12.4. The van der Waals surface area contributed by atoms with Crippen molar-refractivity contribution in [3.63, 3.8) is 0 Å². The molecule has 0 unspecified atom stereocenters. The van der Waals surface area contributed by atoms with Crippen molar-refractivity contribution < 1.29 is 14.3 Å². The number of thiophene rings is 1. The summed E-state index contributed by atoms with van der Waals surface area (Å²) < 4.78 is 5.24. The van der Waals surface area contributed by atoms with E-state index in [1.165, 1.54) is 11.1 Å². The lowest BCUT2D eigenvalue weighted by Gasteiger charge is -2.34. The van der Waals surface area contributed by atoms with E-state index >= 15 is 0 Å². The van der Waals surface area contributed by atoms with Crippen molar-refractivity contribution in [1.29, 1.82) is 0 Å². The summed E-state index contributed by atoms with van der Waals surface area (Å²) >= 11 is 1.56. The van der Waals surface area contributed by atoms with Crippen molar-refractivity contribution in [2.45, 2.75) is 27.3 Å². The second kappa shape index (κ2) is 8.67. The van der Waals surface area contributed by atoms with Crippen LogP contribution in [0.1, 0.15) is 31.2 Å². The lowest BCUT2D eigenvalue weighted by molar-refractivity contribution is -0.136. The van der Waals surface area contributed by atoms with Gasteiger partial charge in [0, 0.05) is 42.5 Å². The van der Waals surface area contributed by atoms with E-state index in [1.54, 1.807) is 16.2 Å². The second-order valence-electron chi connectivity index (χ2n) is 7.05. The molecule has 1 aliphatic heterocycles. The molecule has 144 valence electrons. The molecule has 0 N–H and O–H groups in total. The number of hydrogen-bond donors (Lipinski definition) is 0. The van der Waals surface area contributed by atoms with Gasteiger partial charge in [-0.05, 0) is 32.4 Å². The van der Waals surface area contributed by atoms with Gasteiger partial charge in [0.2, 0.25) is 0 Å². The zero-order chi connectivity index (χ0) is 19.4. The van der Waals surface area contributed by atoms with Crippen molar-refractivity contribution >= 4 is 23.2 Å². The highest BCUT2D eigenvalue weighted by molar-refractivity contribution is 7.12. The number of rotatable bonds is 5. The van der Waals surface area contributed by atoms with Crippen molar-refractivity contribution in [3.05, 3.63) is 56.8 Å². The third-order valence-corrected chi connectivity index (χ3v) is 5.77. The molecule has 1 amide bonds. The van der Waals surface area contributed by atoms with Crippen LogP contribution in [0.4, 0.5) is 0 Å². The maximum atomic E-state index is 12.4. The van der Waals surface area contributed by atoms with Crippen LogP contribution in [0.5, 0.6) is 0 Å². The number of benzene rings is 1. The summed E-state index contributed by atoms with van der Waals surface area (Å²) in [4.78, 5) is 30.6.